The number of hydrogen-bond donors (Lipinski definition) is 2. The highest BCUT2D eigenvalue weighted by Gasteiger charge is 2.69. The summed E-state index contributed by atoms with van der Waals surface area (Å²) in [5.41, 5.74) is -0.961. The van der Waals surface area contributed by atoms with Crippen LogP contribution in [-0.2, 0) is 14.3 Å². The number of alkyl halides is 1. The maximum absolute atomic E-state index is 12.1. The first kappa shape index (κ1) is 11.7. The van der Waals surface area contributed by atoms with Gasteiger partial charge in [0.1, 0.15) is 6.10 Å². The minimum Gasteiger partial charge on any atom is -0.481 e. The Balaban J connectivity index is 2.07. The van der Waals surface area contributed by atoms with E-state index in [2.05, 4.69) is 22.6 Å². The number of fused-ring (bicyclic) bond motifs is 1. The molecule has 0 aromatic rings. The van der Waals surface area contributed by atoms with Crippen LogP contribution >= 0.6 is 22.6 Å². The molecule has 2 N–H and O–H groups in total. The molecule has 3 rings (SSSR count). The van der Waals surface area contributed by atoms with Gasteiger partial charge in [0, 0.05) is 16.3 Å². The molecular formula is C11H13IO5. The zero-order valence-corrected chi connectivity index (χ0v) is 11.2. The van der Waals surface area contributed by atoms with E-state index in [0.717, 1.165) is 0 Å². The van der Waals surface area contributed by atoms with Gasteiger partial charge in [-0.2, -0.15) is 0 Å². The molecule has 0 radical (unpaired) electrons. The highest BCUT2D eigenvalue weighted by atomic mass is 127. The third kappa shape index (κ3) is 1.34. The first-order valence-corrected chi connectivity index (χ1v) is 6.97. The fraction of sp³-hybridized carbons (Fsp3) is 0.818. The van der Waals surface area contributed by atoms with Gasteiger partial charge in [0.15, 0.2) is 0 Å². The van der Waals surface area contributed by atoms with Crippen molar-refractivity contribution in [3.8, 4) is 0 Å². The highest BCUT2D eigenvalue weighted by molar-refractivity contribution is 14.1. The average Bonchev–Trinajstić information content (AvgIpc) is 2.70. The molecule has 2 saturated carbocycles. The summed E-state index contributed by atoms with van der Waals surface area (Å²) in [6.45, 7) is 0. The minimum atomic E-state index is -0.990. The number of carboxylic acid groups (broad SMARTS) is 1. The molecule has 2 bridgehead atoms. The van der Waals surface area contributed by atoms with Crippen molar-refractivity contribution in [3.63, 3.8) is 0 Å². The van der Waals surface area contributed by atoms with Gasteiger partial charge in [-0.25, -0.2) is 0 Å². The smallest absolute Gasteiger partial charge is 0.313 e. The predicted molar refractivity (Wildman–Crippen MR) is 64.6 cm³/mol. The van der Waals surface area contributed by atoms with Crippen LogP contribution in [0.3, 0.4) is 0 Å². The molecule has 0 aromatic carbocycles. The van der Waals surface area contributed by atoms with Gasteiger partial charge in [-0.1, -0.05) is 22.6 Å². The lowest BCUT2D eigenvalue weighted by molar-refractivity contribution is -0.158. The summed E-state index contributed by atoms with van der Waals surface area (Å²) in [4.78, 5) is 23.4. The molecule has 0 aromatic heterocycles. The van der Waals surface area contributed by atoms with Gasteiger partial charge in [-0.15, -0.1) is 0 Å². The van der Waals surface area contributed by atoms with Crippen LogP contribution < -0.4 is 0 Å². The van der Waals surface area contributed by atoms with Crippen molar-refractivity contribution in [1.29, 1.82) is 0 Å². The SMILES string of the molecule is O=C(O)C1CC(O)C2CC(I)C3CC12C(=O)O3. The number of carboxylic acids is 1. The van der Waals surface area contributed by atoms with Crippen LogP contribution in [0, 0.1) is 17.3 Å². The number of ether oxygens (including phenoxy) is 1. The van der Waals surface area contributed by atoms with E-state index in [0.29, 0.717) is 12.8 Å². The highest BCUT2D eigenvalue weighted by Crippen LogP contribution is 2.61. The van der Waals surface area contributed by atoms with E-state index in [1.165, 1.54) is 0 Å². The Morgan fingerprint density at radius 2 is 2.18 bits per heavy atom. The number of hydrogen-bond acceptors (Lipinski definition) is 4. The molecule has 6 unspecified atom stereocenters. The number of carbonyl (C=O) groups is 2. The summed E-state index contributed by atoms with van der Waals surface area (Å²) in [6, 6.07) is 0. The number of aliphatic hydroxyl groups is 1. The largest absolute Gasteiger partial charge is 0.481 e. The van der Waals surface area contributed by atoms with Gasteiger partial charge in [-0.3, -0.25) is 9.59 Å². The molecule has 5 nitrogen and oxygen atoms in total. The Hall–Kier alpha value is -0.370. The standard InChI is InChI=1S/C11H13IO5/c12-6-1-4-7(13)2-5(9(14)15)11(4)3-8(6)17-10(11)16/h4-8,13H,1-3H2,(H,14,15). The monoisotopic (exact) mass is 352 g/mol. The molecule has 1 heterocycles. The van der Waals surface area contributed by atoms with E-state index in [1.807, 2.05) is 0 Å². The van der Waals surface area contributed by atoms with Crippen molar-refractivity contribution in [1.82, 2.24) is 0 Å². The number of aliphatic hydroxyl groups excluding tert-OH is 1. The fourth-order valence-corrected chi connectivity index (χ4v) is 4.74. The van der Waals surface area contributed by atoms with E-state index in [9.17, 15) is 19.8 Å². The average molecular weight is 352 g/mol. The van der Waals surface area contributed by atoms with E-state index in [-0.39, 0.29) is 22.4 Å². The van der Waals surface area contributed by atoms with Crippen LogP contribution in [0.1, 0.15) is 19.3 Å². The molecule has 2 aliphatic carbocycles. The summed E-state index contributed by atoms with van der Waals surface area (Å²) in [5, 5.41) is 19.3. The summed E-state index contributed by atoms with van der Waals surface area (Å²) in [5.74, 6) is -2.44. The van der Waals surface area contributed by atoms with E-state index < -0.39 is 29.4 Å². The first-order valence-electron chi connectivity index (χ1n) is 5.73. The molecule has 3 aliphatic rings. The zero-order valence-electron chi connectivity index (χ0n) is 9.01. The molecule has 3 fully saturated rings. The first-order chi connectivity index (χ1) is 7.96. The van der Waals surface area contributed by atoms with Crippen LogP contribution in [0.2, 0.25) is 0 Å². The topological polar surface area (TPSA) is 83.8 Å². The molecule has 0 amide bonds. The minimum absolute atomic E-state index is 0.172. The number of rotatable bonds is 1. The van der Waals surface area contributed by atoms with Gasteiger partial charge >= 0.3 is 11.9 Å². The van der Waals surface area contributed by atoms with Crippen molar-refractivity contribution in [2.45, 2.75) is 35.4 Å². The maximum Gasteiger partial charge on any atom is 0.313 e. The third-order valence-electron chi connectivity index (χ3n) is 4.58. The van der Waals surface area contributed by atoms with Gasteiger partial charge in [0.05, 0.1) is 17.4 Å². The molecule has 1 saturated heterocycles. The quantitative estimate of drug-likeness (QED) is 0.410. The van der Waals surface area contributed by atoms with E-state index >= 15 is 0 Å². The number of esters is 1. The van der Waals surface area contributed by atoms with Crippen molar-refractivity contribution >= 4 is 34.5 Å². The number of aliphatic carboxylic acids is 1. The van der Waals surface area contributed by atoms with Gasteiger partial charge in [0.25, 0.3) is 0 Å². The Bertz CT molecular complexity index is 397. The lowest BCUT2D eigenvalue weighted by atomic mass is 9.65. The van der Waals surface area contributed by atoms with Crippen LogP contribution in [0.5, 0.6) is 0 Å². The number of halogens is 1. The second kappa shape index (κ2) is 3.57. The molecular weight excluding hydrogens is 339 g/mol. The lowest BCUT2D eigenvalue weighted by Gasteiger charge is -2.36. The third-order valence-corrected chi connectivity index (χ3v) is 5.89. The predicted octanol–water partition coefficient (Wildman–Crippen LogP) is 0.577. The summed E-state index contributed by atoms with van der Waals surface area (Å²) in [7, 11) is 0. The molecule has 1 spiro atoms. The number of carbonyl (C=O) groups excluding carboxylic acids is 1. The van der Waals surface area contributed by atoms with Crippen LogP contribution in [0.15, 0.2) is 0 Å². The second-order valence-electron chi connectivity index (χ2n) is 5.24. The van der Waals surface area contributed by atoms with Gasteiger partial charge in [0.2, 0.25) is 0 Å². The van der Waals surface area contributed by atoms with Crippen molar-refractivity contribution < 1.29 is 24.5 Å². The van der Waals surface area contributed by atoms with Crippen LogP contribution in [0.4, 0.5) is 0 Å². The van der Waals surface area contributed by atoms with E-state index in [1.54, 1.807) is 0 Å². The fourth-order valence-electron chi connectivity index (χ4n) is 3.79. The Kier molecular flexibility index (Phi) is 2.46. The molecule has 94 valence electrons. The van der Waals surface area contributed by atoms with Crippen LogP contribution in [0.25, 0.3) is 0 Å². The second-order valence-corrected chi connectivity index (χ2v) is 6.84. The van der Waals surface area contributed by atoms with Crippen molar-refractivity contribution in [2.75, 3.05) is 0 Å². The molecule has 6 atom stereocenters. The van der Waals surface area contributed by atoms with Gasteiger partial charge < -0.3 is 14.9 Å². The Labute approximate surface area is 112 Å². The Morgan fingerprint density at radius 1 is 1.47 bits per heavy atom. The maximum atomic E-state index is 12.1. The van der Waals surface area contributed by atoms with Gasteiger partial charge in [-0.05, 0) is 12.8 Å². The van der Waals surface area contributed by atoms with E-state index in [4.69, 9.17) is 4.74 Å². The molecule has 17 heavy (non-hydrogen) atoms. The van der Waals surface area contributed by atoms with Crippen molar-refractivity contribution in [2.24, 2.45) is 17.3 Å². The van der Waals surface area contributed by atoms with Crippen LogP contribution in [-0.4, -0.2) is 38.3 Å². The molecule has 6 heteroatoms. The van der Waals surface area contributed by atoms with Crippen molar-refractivity contribution in [3.05, 3.63) is 0 Å². The summed E-state index contributed by atoms with van der Waals surface area (Å²) >= 11 is 2.23. The summed E-state index contributed by atoms with van der Waals surface area (Å²) < 4.78 is 5.49. The zero-order chi connectivity index (χ0) is 12.4. The normalized spacial score (nSPS) is 52.1. The lowest BCUT2D eigenvalue weighted by Crippen LogP contribution is -2.45. The summed E-state index contributed by atoms with van der Waals surface area (Å²) in [6.07, 6.45) is 0.428. The Morgan fingerprint density at radius 3 is 2.82 bits per heavy atom. The molecule has 1 aliphatic heterocycles.